The Balaban J connectivity index is 1.97. The van der Waals surface area contributed by atoms with Crippen LogP contribution in [-0.4, -0.2) is 0 Å². The molecule has 0 aliphatic rings. The minimum atomic E-state index is -0.452. The number of benzene rings is 2. The van der Waals surface area contributed by atoms with Gasteiger partial charge in [0.25, 0.3) is 0 Å². The Bertz CT molecular complexity index is 885. The third kappa shape index (κ3) is 2.97. The van der Waals surface area contributed by atoms with Gasteiger partial charge in [-0.1, -0.05) is 11.6 Å². The lowest BCUT2D eigenvalue weighted by Crippen LogP contribution is -2.04. The highest BCUT2D eigenvalue weighted by molar-refractivity contribution is 6.32. The summed E-state index contributed by atoms with van der Waals surface area (Å²) in [4.78, 5) is 11.7. The molecule has 0 fully saturated rings. The monoisotopic (exact) mass is 318 g/mol. The van der Waals surface area contributed by atoms with Gasteiger partial charge in [0.2, 0.25) is 0 Å². The topological polar surface area (TPSA) is 39.4 Å². The molecule has 0 saturated heterocycles. The highest BCUT2D eigenvalue weighted by Crippen LogP contribution is 2.26. The Morgan fingerprint density at radius 2 is 1.91 bits per heavy atom. The van der Waals surface area contributed by atoms with E-state index in [2.05, 4.69) is 0 Å². The Morgan fingerprint density at radius 3 is 2.64 bits per heavy atom. The van der Waals surface area contributed by atoms with Crippen LogP contribution in [0.1, 0.15) is 11.1 Å². The van der Waals surface area contributed by atoms with Crippen molar-refractivity contribution >= 4 is 22.6 Å². The third-order valence-electron chi connectivity index (χ3n) is 3.32. The molecule has 0 amide bonds. The van der Waals surface area contributed by atoms with E-state index in [4.69, 9.17) is 20.8 Å². The van der Waals surface area contributed by atoms with Crippen molar-refractivity contribution in [2.45, 2.75) is 13.5 Å². The van der Waals surface area contributed by atoms with Crippen LogP contribution in [0.3, 0.4) is 0 Å². The second-order valence-corrected chi connectivity index (χ2v) is 5.34. The molecule has 0 N–H and O–H groups in total. The van der Waals surface area contributed by atoms with Crippen LogP contribution in [0.5, 0.6) is 5.75 Å². The van der Waals surface area contributed by atoms with Gasteiger partial charge in [0.1, 0.15) is 23.8 Å². The Hall–Kier alpha value is -2.33. The first kappa shape index (κ1) is 14.6. The van der Waals surface area contributed by atoms with E-state index in [1.54, 1.807) is 12.1 Å². The number of halogens is 2. The Labute approximate surface area is 130 Å². The van der Waals surface area contributed by atoms with Crippen molar-refractivity contribution in [1.82, 2.24) is 0 Å². The van der Waals surface area contributed by atoms with Crippen LogP contribution in [0.15, 0.2) is 51.7 Å². The molecule has 22 heavy (non-hydrogen) atoms. The summed E-state index contributed by atoms with van der Waals surface area (Å²) in [5.74, 6) is 0.182. The average molecular weight is 319 g/mol. The molecule has 0 radical (unpaired) electrons. The van der Waals surface area contributed by atoms with Gasteiger partial charge in [-0.2, -0.15) is 0 Å². The molecule has 0 atom stereocenters. The van der Waals surface area contributed by atoms with Gasteiger partial charge in [-0.25, -0.2) is 9.18 Å². The number of hydrogen-bond acceptors (Lipinski definition) is 3. The molecule has 3 nitrogen and oxygen atoms in total. The standard InChI is InChI=1S/C17H12ClFO3/c1-10-6-16-14(8-15(10)18)11(7-17(20)22-16)9-21-13-4-2-12(19)3-5-13/h2-8H,9H2,1H3. The van der Waals surface area contributed by atoms with Crippen LogP contribution in [0.4, 0.5) is 4.39 Å². The highest BCUT2D eigenvalue weighted by atomic mass is 35.5. The van der Waals surface area contributed by atoms with Crippen molar-refractivity contribution in [2.24, 2.45) is 0 Å². The molecule has 112 valence electrons. The third-order valence-corrected chi connectivity index (χ3v) is 3.72. The average Bonchev–Trinajstić information content (AvgIpc) is 2.48. The molecule has 5 heteroatoms. The predicted octanol–water partition coefficient (Wildman–Crippen LogP) is 4.47. The fraction of sp³-hybridized carbons (Fsp3) is 0.118. The van der Waals surface area contributed by atoms with E-state index in [1.807, 2.05) is 6.92 Å². The SMILES string of the molecule is Cc1cc2oc(=O)cc(COc3ccc(F)cc3)c2cc1Cl. The van der Waals surface area contributed by atoms with E-state index in [-0.39, 0.29) is 12.4 Å². The molecular weight excluding hydrogens is 307 g/mol. The van der Waals surface area contributed by atoms with Gasteiger partial charge in [-0.3, -0.25) is 0 Å². The number of rotatable bonds is 3. The van der Waals surface area contributed by atoms with Gasteiger partial charge in [0.05, 0.1) is 0 Å². The minimum Gasteiger partial charge on any atom is -0.489 e. The fourth-order valence-corrected chi connectivity index (χ4v) is 2.32. The second kappa shape index (κ2) is 5.81. The summed E-state index contributed by atoms with van der Waals surface area (Å²) < 4.78 is 23.6. The normalized spacial score (nSPS) is 10.9. The molecule has 3 rings (SSSR count). The summed E-state index contributed by atoms with van der Waals surface area (Å²) in [6.07, 6.45) is 0. The maximum Gasteiger partial charge on any atom is 0.336 e. The Morgan fingerprint density at radius 1 is 1.18 bits per heavy atom. The molecule has 0 spiro atoms. The zero-order valence-corrected chi connectivity index (χ0v) is 12.5. The second-order valence-electron chi connectivity index (χ2n) is 4.93. The molecule has 2 aromatic carbocycles. The van der Waals surface area contributed by atoms with Gasteiger partial charge < -0.3 is 9.15 Å². The lowest BCUT2D eigenvalue weighted by molar-refractivity contribution is 0.306. The van der Waals surface area contributed by atoms with Crippen molar-refractivity contribution in [1.29, 1.82) is 0 Å². The first-order valence-electron chi connectivity index (χ1n) is 6.64. The van der Waals surface area contributed by atoms with Crippen molar-refractivity contribution in [2.75, 3.05) is 0 Å². The molecule has 0 unspecified atom stereocenters. The molecule has 1 heterocycles. The smallest absolute Gasteiger partial charge is 0.336 e. The quantitative estimate of drug-likeness (QED) is 0.669. The number of fused-ring (bicyclic) bond motifs is 1. The van der Waals surface area contributed by atoms with Gasteiger partial charge in [0, 0.05) is 22.0 Å². The lowest BCUT2D eigenvalue weighted by atomic mass is 10.1. The summed E-state index contributed by atoms with van der Waals surface area (Å²) in [5.41, 5.74) is 1.51. The minimum absolute atomic E-state index is 0.160. The first-order valence-corrected chi connectivity index (χ1v) is 7.02. The van der Waals surface area contributed by atoms with E-state index in [1.165, 1.54) is 30.3 Å². The van der Waals surface area contributed by atoms with Crippen LogP contribution >= 0.6 is 11.6 Å². The van der Waals surface area contributed by atoms with Gasteiger partial charge in [-0.15, -0.1) is 0 Å². The van der Waals surface area contributed by atoms with Crippen molar-refractivity contribution in [3.8, 4) is 5.75 Å². The maximum absolute atomic E-state index is 12.9. The van der Waals surface area contributed by atoms with E-state index < -0.39 is 5.63 Å². The highest BCUT2D eigenvalue weighted by Gasteiger charge is 2.09. The molecular formula is C17H12ClFO3. The van der Waals surface area contributed by atoms with Crippen LogP contribution < -0.4 is 10.4 Å². The summed E-state index contributed by atoms with van der Waals surface area (Å²) in [6.45, 7) is 2.00. The maximum atomic E-state index is 12.9. The van der Waals surface area contributed by atoms with Gasteiger partial charge in [0.15, 0.2) is 0 Å². The van der Waals surface area contributed by atoms with E-state index in [0.717, 1.165) is 10.9 Å². The zero-order valence-electron chi connectivity index (χ0n) is 11.7. The molecule has 3 aromatic rings. The number of ether oxygens (including phenoxy) is 1. The van der Waals surface area contributed by atoms with Gasteiger partial charge >= 0.3 is 5.63 Å². The molecule has 0 aliphatic carbocycles. The van der Waals surface area contributed by atoms with Gasteiger partial charge in [-0.05, 0) is 48.9 Å². The summed E-state index contributed by atoms with van der Waals surface area (Å²) >= 11 is 6.13. The molecule has 0 bridgehead atoms. The van der Waals surface area contributed by atoms with Crippen LogP contribution in [0, 0.1) is 12.7 Å². The molecule has 0 saturated carbocycles. The van der Waals surface area contributed by atoms with Crippen LogP contribution in [0.2, 0.25) is 5.02 Å². The molecule has 0 aliphatic heterocycles. The summed E-state index contributed by atoms with van der Waals surface area (Å²) in [7, 11) is 0. The van der Waals surface area contributed by atoms with Crippen molar-refractivity contribution in [3.63, 3.8) is 0 Å². The largest absolute Gasteiger partial charge is 0.489 e. The lowest BCUT2D eigenvalue weighted by Gasteiger charge is -2.09. The van der Waals surface area contributed by atoms with Crippen LogP contribution in [0.25, 0.3) is 11.0 Å². The van der Waals surface area contributed by atoms with E-state index >= 15 is 0 Å². The summed E-state index contributed by atoms with van der Waals surface area (Å²) in [5, 5.41) is 1.31. The van der Waals surface area contributed by atoms with E-state index in [9.17, 15) is 9.18 Å². The molecule has 1 aromatic heterocycles. The van der Waals surface area contributed by atoms with Crippen molar-refractivity contribution < 1.29 is 13.5 Å². The predicted molar refractivity (Wildman–Crippen MR) is 83.0 cm³/mol. The fourth-order valence-electron chi connectivity index (χ4n) is 2.16. The van der Waals surface area contributed by atoms with Crippen molar-refractivity contribution in [3.05, 3.63) is 74.9 Å². The Kier molecular flexibility index (Phi) is 3.86. The number of aryl methyl sites for hydroxylation is 1. The summed E-state index contributed by atoms with van der Waals surface area (Å²) in [6, 6.07) is 10.5. The number of hydrogen-bond donors (Lipinski definition) is 0. The van der Waals surface area contributed by atoms with Crippen LogP contribution in [-0.2, 0) is 6.61 Å². The zero-order chi connectivity index (χ0) is 15.7. The van der Waals surface area contributed by atoms with E-state index in [0.29, 0.717) is 21.9 Å². The first-order chi connectivity index (χ1) is 10.5.